The van der Waals surface area contributed by atoms with E-state index in [0.717, 1.165) is 6.07 Å². The molecule has 0 aliphatic carbocycles. The Balaban J connectivity index is 2.82. The molecule has 1 nitrogen and oxygen atoms in total. The topological polar surface area (TPSA) is 26.0 Å². The molecule has 1 rings (SSSR count). The Morgan fingerprint density at radius 2 is 1.73 bits per heavy atom. The Kier molecular flexibility index (Phi) is 3.43. The molecule has 0 amide bonds. The predicted octanol–water partition coefficient (Wildman–Crippen LogP) is 3.20. The molecule has 15 heavy (non-hydrogen) atoms. The van der Waals surface area contributed by atoms with Gasteiger partial charge in [0, 0.05) is 11.0 Å². The van der Waals surface area contributed by atoms with Gasteiger partial charge in [0.2, 0.25) is 0 Å². The summed E-state index contributed by atoms with van der Waals surface area (Å²) in [6.07, 6.45) is -4.40. The van der Waals surface area contributed by atoms with Crippen molar-refractivity contribution < 1.29 is 22.0 Å². The highest BCUT2D eigenvalue weighted by Crippen LogP contribution is 2.30. The number of halogens is 5. The van der Waals surface area contributed by atoms with Crippen molar-refractivity contribution >= 4 is 17.4 Å². The maximum Gasteiger partial charge on any atom is 0.398 e. The van der Waals surface area contributed by atoms with Gasteiger partial charge in [-0.2, -0.15) is 13.2 Å². The van der Waals surface area contributed by atoms with E-state index in [1.165, 1.54) is 0 Å². The second-order valence-corrected chi connectivity index (χ2v) is 3.73. The smallest absolute Gasteiger partial charge is 0.396 e. The van der Waals surface area contributed by atoms with Crippen LogP contribution < -0.4 is 5.73 Å². The van der Waals surface area contributed by atoms with Crippen LogP contribution in [0.4, 0.5) is 27.6 Å². The zero-order valence-electron chi connectivity index (χ0n) is 7.24. The lowest BCUT2D eigenvalue weighted by Gasteiger charge is -2.07. The molecule has 0 radical (unpaired) electrons. The maximum absolute atomic E-state index is 12.9. The van der Waals surface area contributed by atoms with E-state index >= 15 is 0 Å². The summed E-state index contributed by atoms with van der Waals surface area (Å²) in [7, 11) is 0. The number of hydrogen-bond acceptors (Lipinski definition) is 2. The Bertz CT molecular complexity index is 363. The number of rotatable bonds is 2. The van der Waals surface area contributed by atoms with Crippen LogP contribution >= 0.6 is 11.8 Å². The first-order valence-corrected chi connectivity index (χ1v) is 4.72. The molecular formula is C8H6F5NS. The van der Waals surface area contributed by atoms with Crippen molar-refractivity contribution in [2.24, 2.45) is 0 Å². The van der Waals surface area contributed by atoms with Crippen molar-refractivity contribution in [3.05, 3.63) is 23.8 Å². The lowest BCUT2D eigenvalue weighted by atomic mass is 10.3. The molecule has 0 spiro atoms. The SMILES string of the molecule is Nc1cc(SCC(F)(F)F)c(F)cc1F. The fraction of sp³-hybridized carbons (Fsp3) is 0.250. The maximum atomic E-state index is 12.9. The van der Waals surface area contributed by atoms with E-state index in [-0.39, 0.29) is 22.3 Å². The predicted molar refractivity (Wildman–Crippen MR) is 47.5 cm³/mol. The van der Waals surface area contributed by atoms with Crippen LogP contribution in [0.5, 0.6) is 0 Å². The molecule has 0 unspecified atom stereocenters. The summed E-state index contributed by atoms with van der Waals surface area (Å²) in [5.41, 5.74) is 4.72. The Morgan fingerprint density at radius 1 is 1.13 bits per heavy atom. The minimum Gasteiger partial charge on any atom is -0.396 e. The number of benzene rings is 1. The first-order valence-electron chi connectivity index (χ1n) is 3.73. The minimum atomic E-state index is -4.40. The zero-order valence-corrected chi connectivity index (χ0v) is 8.05. The molecule has 84 valence electrons. The molecule has 7 heteroatoms. The number of anilines is 1. The second kappa shape index (κ2) is 4.26. The molecule has 0 aliphatic heterocycles. The fourth-order valence-electron chi connectivity index (χ4n) is 0.815. The highest BCUT2D eigenvalue weighted by atomic mass is 32.2. The van der Waals surface area contributed by atoms with Crippen molar-refractivity contribution in [1.82, 2.24) is 0 Å². The van der Waals surface area contributed by atoms with Gasteiger partial charge in [0.1, 0.15) is 11.6 Å². The van der Waals surface area contributed by atoms with Gasteiger partial charge in [-0.05, 0) is 6.07 Å². The molecule has 2 N–H and O–H groups in total. The molecule has 0 heterocycles. The molecule has 0 saturated carbocycles. The van der Waals surface area contributed by atoms with Crippen LogP contribution in [0.1, 0.15) is 0 Å². The van der Waals surface area contributed by atoms with Crippen LogP contribution in [0, 0.1) is 11.6 Å². The first kappa shape index (κ1) is 12.1. The van der Waals surface area contributed by atoms with Crippen LogP contribution in [0.15, 0.2) is 17.0 Å². The minimum absolute atomic E-state index is 0.230. The van der Waals surface area contributed by atoms with Crippen molar-refractivity contribution in [1.29, 1.82) is 0 Å². The number of nitrogen functional groups attached to an aromatic ring is 1. The Labute approximate surface area is 86.5 Å². The van der Waals surface area contributed by atoms with Gasteiger partial charge in [-0.1, -0.05) is 0 Å². The van der Waals surface area contributed by atoms with Crippen molar-refractivity contribution in [2.75, 3.05) is 11.5 Å². The standard InChI is InChI=1S/C8H6F5NS/c9-4-1-5(10)7(2-6(4)14)15-3-8(11,12)13/h1-2H,3,14H2. The molecule has 0 fully saturated rings. The molecule has 0 bridgehead atoms. The molecule has 1 aromatic rings. The summed E-state index contributed by atoms with van der Waals surface area (Å²) in [6, 6.07) is 1.31. The summed E-state index contributed by atoms with van der Waals surface area (Å²) >= 11 is 0.230. The summed E-state index contributed by atoms with van der Waals surface area (Å²) in [5, 5.41) is 0. The van der Waals surface area contributed by atoms with E-state index in [9.17, 15) is 22.0 Å². The van der Waals surface area contributed by atoms with E-state index in [1.54, 1.807) is 0 Å². The molecular weight excluding hydrogens is 237 g/mol. The Hall–Kier alpha value is -0.980. The lowest BCUT2D eigenvalue weighted by molar-refractivity contribution is -0.105. The van der Waals surface area contributed by atoms with E-state index in [0.29, 0.717) is 6.07 Å². The van der Waals surface area contributed by atoms with Crippen LogP contribution in [0.25, 0.3) is 0 Å². The third kappa shape index (κ3) is 3.58. The average Bonchev–Trinajstić information content (AvgIpc) is 2.07. The van der Waals surface area contributed by atoms with Crippen LogP contribution in [-0.4, -0.2) is 11.9 Å². The number of hydrogen-bond donors (Lipinski definition) is 1. The highest BCUT2D eigenvalue weighted by Gasteiger charge is 2.28. The van der Waals surface area contributed by atoms with E-state index in [2.05, 4.69) is 0 Å². The van der Waals surface area contributed by atoms with Gasteiger partial charge in [-0.25, -0.2) is 8.78 Å². The number of nitrogens with two attached hydrogens (primary N) is 1. The third-order valence-corrected chi connectivity index (χ3v) is 2.54. The van der Waals surface area contributed by atoms with Crippen LogP contribution in [-0.2, 0) is 0 Å². The van der Waals surface area contributed by atoms with Crippen molar-refractivity contribution in [2.45, 2.75) is 11.1 Å². The first-order chi connectivity index (χ1) is 6.79. The molecule has 0 aliphatic rings. The Morgan fingerprint density at radius 3 is 2.27 bits per heavy atom. The summed E-state index contributed by atoms with van der Waals surface area (Å²) in [6.45, 7) is 0. The average molecular weight is 243 g/mol. The van der Waals surface area contributed by atoms with Gasteiger partial charge < -0.3 is 5.73 Å². The highest BCUT2D eigenvalue weighted by molar-refractivity contribution is 7.99. The second-order valence-electron chi connectivity index (χ2n) is 2.71. The molecule has 0 atom stereocenters. The molecule has 0 aromatic heterocycles. The van der Waals surface area contributed by atoms with Crippen molar-refractivity contribution in [3.8, 4) is 0 Å². The van der Waals surface area contributed by atoms with Crippen LogP contribution in [0.2, 0.25) is 0 Å². The van der Waals surface area contributed by atoms with Gasteiger partial charge in [-0.3, -0.25) is 0 Å². The fourth-order valence-corrected chi connectivity index (χ4v) is 1.54. The van der Waals surface area contributed by atoms with Gasteiger partial charge in [-0.15, -0.1) is 11.8 Å². The van der Waals surface area contributed by atoms with E-state index in [1.807, 2.05) is 0 Å². The number of alkyl halides is 3. The zero-order chi connectivity index (χ0) is 11.6. The summed E-state index contributed by atoms with van der Waals surface area (Å²) < 4.78 is 61.0. The van der Waals surface area contributed by atoms with Crippen LogP contribution in [0.3, 0.4) is 0 Å². The van der Waals surface area contributed by atoms with E-state index in [4.69, 9.17) is 5.73 Å². The quantitative estimate of drug-likeness (QED) is 0.490. The largest absolute Gasteiger partial charge is 0.398 e. The lowest BCUT2D eigenvalue weighted by Crippen LogP contribution is -2.10. The third-order valence-electron chi connectivity index (χ3n) is 1.44. The van der Waals surface area contributed by atoms with Gasteiger partial charge in [0.15, 0.2) is 0 Å². The van der Waals surface area contributed by atoms with E-state index < -0.39 is 23.6 Å². The summed E-state index contributed by atoms with van der Waals surface area (Å²) in [4.78, 5) is -0.314. The van der Waals surface area contributed by atoms with Gasteiger partial charge in [0.25, 0.3) is 0 Å². The van der Waals surface area contributed by atoms with Gasteiger partial charge in [0.05, 0.1) is 11.4 Å². The van der Waals surface area contributed by atoms with Gasteiger partial charge >= 0.3 is 6.18 Å². The molecule has 0 saturated heterocycles. The van der Waals surface area contributed by atoms with Crippen molar-refractivity contribution in [3.63, 3.8) is 0 Å². The monoisotopic (exact) mass is 243 g/mol. The normalized spacial score (nSPS) is 11.8. The summed E-state index contributed by atoms with van der Waals surface area (Å²) in [5.74, 6) is -3.27. The molecule has 1 aromatic carbocycles. The number of thioether (sulfide) groups is 1.